The summed E-state index contributed by atoms with van der Waals surface area (Å²) < 4.78 is 66.8. The van der Waals surface area contributed by atoms with Crippen molar-refractivity contribution in [1.82, 2.24) is 4.57 Å². The molecule has 0 aliphatic heterocycles. The number of sulfonamides is 2. The van der Waals surface area contributed by atoms with E-state index in [1.54, 1.807) is 0 Å². The van der Waals surface area contributed by atoms with E-state index in [0.717, 1.165) is 35.6 Å². The van der Waals surface area contributed by atoms with Crippen LogP contribution < -0.4 is 9.94 Å². The number of hydrogen-bond donors (Lipinski definition) is 1. The van der Waals surface area contributed by atoms with Crippen LogP contribution >= 0.6 is 11.3 Å². The highest BCUT2D eigenvalue weighted by Gasteiger charge is 2.16. The maximum atomic E-state index is 13.0. The average Bonchev–Trinajstić information content (AvgIpc) is 2.91. The van der Waals surface area contributed by atoms with Gasteiger partial charge in [-0.3, -0.25) is 0 Å². The molecule has 11 heteroatoms. The van der Waals surface area contributed by atoms with Crippen molar-refractivity contribution in [3.05, 3.63) is 53.1 Å². The normalized spacial score (nSPS) is 13.0. The van der Waals surface area contributed by atoms with E-state index in [-0.39, 0.29) is 21.1 Å². The first kappa shape index (κ1) is 19.2. The van der Waals surface area contributed by atoms with Gasteiger partial charge in [0.1, 0.15) is 5.82 Å². The van der Waals surface area contributed by atoms with Gasteiger partial charge in [0.2, 0.25) is 14.8 Å². The van der Waals surface area contributed by atoms with Crippen molar-refractivity contribution in [2.75, 3.05) is 0 Å². The van der Waals surface area contributed by atoms with Crippen molar-refractivity contribution in [3.63, 3.8) is 0 Å². The van der Waals surface area contributed by atoms with Crippen molar-refractivity contribution >= 4 is 41.6 Å². The number of primary sulfonamides is 1. The molecule has 0 amide bonds. The number of benzene rings is 2. The third kappa shape index (κ3) is 3.93. The topological polar surface area (TPSA) is 112 Å². The van der Waals surface area contributed by atoms with Crippen LogP contribution in [0.4, 0.5) is 4.39 Å². The third-order valence-corrected chi connectivity index (χ3v) is 6.89. The van der Waals surface area contributed by atoms with Crippen LogP contribution in [0.15, 0.2) is 56.7 Å². The highest BCUT2D eigenvalue weighted by molar-refractivity contribution is 7.90. The zero-order chi connectivity index (χ0) is 19.8. The van der Waals surface area contributed by atoms with Crippen molar-refractivity contribution in [3.8, 4) is 12.3 Å². The van der Waals surface area contributed by atoms with Gasteiger partial charge in [-0.25, -0.2) is 17.9 Å². The molecule has 27 heavy (non-hydrogen) atoms. The Labute approximate surface area is 158 Å². The fraction of sp³-hybridized carbons (Fsp3) is 0.0625. The van der Waals surface area contributed by atoms with Crippen LogP contribution in [0.2, 0.25) is 0 Å². The molecule has 0 aliphatic carbocycles. The Bertz CT molecular complexity index is 1350. The Morgan fingerprint density at radius 1 is 1.11 bits per heavy atom. The fourth-order valence-electron chi connectivity index (χ4n) is 2.31. The van der Waals surface area contributed by atoms with Gasteiger partial charge in [-0.2, -0.15) is 8.42 Å². The number of nitrogens with two attached hydrogens (primary N) is 1. The van der Waals surface area contributed by atoms with Crippen LogP contribution in [0, 0.1) is 18.2 Å². The predicted molar refractivity (Wildman–Crippen MR) is 99.2 cm³/mol. The first-order valence-corrected chi connectivity index (χ1v) is 11.1. The number of aromatic nitrogens is 1. The number of rotatable bonds is 4. The van der Waals surface area contributed by atoms with Gasteiger partial charge in [-0.05, 0) is 42.5 Å². The molecule has 3 aromatic rings. The van der Waals surface area contributed by atoms with Crippen molar-refractivity contribution in [2.45, 2.75) is 16.3 Å². The van der Waals surface area contributed by atoms with E-state index in [4.69, 9.17) is 11.6 Å². The lowest BCUT2D eigenvalue weighted by atomic mass is 10.3. The summed E-state index contributed by atoms with van der Waals surface area (Å²) in [5.74, 6) is 1.83. The molecule has 0 saturated heterocycles. The lowest BCUT2D eigenvalue weighted by Crippen LogP contribution is -2.16. The lowest BCUT2D eigenvalue weighted by Gasteiger charge is -2.02. The maximum absolute atomic E-state index is 13.0. The summed E-state index contributed by atoms with van der Waals surface area (Å²) in [6, 6.07) is 8.34. The summed E-state index contributed by atoms with van der Waals surface area (Å²) in [6.45, 7) is 0.0203. The van der Waals surface area contributed by atoms with Gasteiger partial charge in [0.25, 0.3) is 10.0 Å². The number of fused-ring (bicyclic) bond motifs is 1. The molecule has 0 radical (unpaired) electrons. The minimum absolute atomic E-state index is 0.0203. The second kappa shape index (κ2) is 6.90. The van der Waals surface area contributed by atoms with E-state index in [2.05, 4.69) is 10.3 Å². The quantitative estimate of drug-likeness (QED) is 0.637. The van der Waals surface area contributed by atoms with Crippen molar-refractivity contribution in [1.29, 1.82) is 0 Å². The second-order valence-electron chi connectivity index (χ2n) is 5.37. The van der Waals surface area contributed by atoms with E-state index in [1.807, 2.05) is 0 Å². The van der Waals surface area contributed by atoms with Crippen LogP contribution in [-0.2, 0) is 26.6 Å². The number of halogens is 1. The van der Waals surface area contributed by atoms with Crippen molar-refractivity contribution < 1.29 is 21.2 Å². The maximum Gasteiger partial charge on any atom is 0.285 e. The molecule has 3 rings (SSSR count). The van der Waals surface area contributed by atoms with Crippen LogP contribution in [0.25, 0.3) is 10.2 Å². The number of hydrogen-bond acceptors (Lipinski definition) is 5. The van der Waals surface area contributed by atoms with Gasteiger partial charge in [0.05, 0.1) is 26.6 Å². The Balaban J connectivity index is 2.26. The molecule has 2 aromatic carbocycles. The molecule has 1 heterocycles. The van der Waals surface area contributed by atoms with Crippen LogP contribution in [0.5, 0.6) is 0 Å². The zero-order valence-electron chi connectivity index (χ0n) is 13.5. The van der Waals surface area contributed by atoms with E-state index < -0.39 is 25.9 Å². The number of thiazole rings is 1. The smallest absolute Gasteiger partial charge is 0.285 e. The van der Waals surface area contributed by atoms with E-state index >= 15 is 0 Å². The molecular weight excluding hydrogens is 413 g/mol. The van der Waals surface area contributed by atoms with Gasteiger partial charge in [0.15, 0.2) is 0 Å². The van der Waals surface area contributed by atoms with E-state index in [9.17, 15) is 21.2 Å². The number of nitrogens with zero attached hydrogens (tertiary/aromatic N) is 2. The second-order valence-corrected chi connectivity index (χ2v) is 9.54. The standard InChI is InChI=1S/C16H12FN3O4S3/c1-2-9-20-14-8-7-13(26(18,21)22)10-15(14)25-16(20)19-27(23,24)12-5-3-11(17)4-6-12/h1,3-8,10H,9H2,(H2,18,21,22). The average molecular weight is 425 g/mol. The molecule has 0 aliphatic rings. The first-order chi connectivity index (χ1) is 12.6. The SMILES string of the molecule is C#CCn1c(=NS(=O)(=O)c2ccc(F)cc2)sc2cc(S(N)(=O)=O)ccc21. The Morgan fingerprint density at radius 3 is 2.33 bits per heavy atom. The van der Waals surface area contributed by atoms with Gasteiger partial charge >= 0.3 is 0 Å². The van der Waals surface area contributed by atoms with Crippen LogP contribution in [0.1, 0.15) is 0 Å². The summed E-state index contributed by atoms with van der Waals surface area (Å²) in [4.78, 5) is -0.241. The minimum Gasteiger partial charge on any atom is -0.304 e. The van der Waals surface area contributed by atoms with Crippen LogP contribution in [-0.4, -0.2) is 21.4 Å². The van der Waals surface area contributed by atoms with Gasteiger partial charge in [-0.15, -0.1) is 10.8 Å². The lowest BCUT2D eigenvalue weighted by molar-refractivity contribution is 0.594. The zero-order valence-corrected chi connectivity index (χ0v) is 16.0. The van der Waals surface area contributed by atoms with Crippen molar-refractivity contribution in [2.24, 2.45) is 9.54 Å². The largest absolute Gasteiger partial charge is 0.304 e. The summed E-state index contributed by atoms with van der Waals surface area (Å²) in [5, 5.41) is 5.13. The molecule has 1 aromatic heterocycles. The molecule has 7 nitrogen and oxygen atoms in total. The Morgan fingerprint density at radius 2 is 1.74 bits per heavy atom. The molecule has 2 N–H and O–H groups in total. The Kier molecular flexibility index (Phi) is 4.92. The number of terminal acetylenes is 1. The summed E-state index contributed by atoms with van der Waals surface area (Å²) in [6.07, 6.45) is 5.36. The Hall–Kier alpha value is -2.52. The van der Waals surface area contributed by atoms with E-state index in [0.29, 0.717) is 10.2 Å². The summed E-state index contributed by atoms with van der Waals surface area (Å²) in [5.41, 5.74) is 0.512. The van der Waals surface area contributed by atoms with E-state index in [1.165, 1.54) is 22.8 Å². The molecule has 0 unspecified atom stereocenters. The van der Waals surface area contributed by atoms with Crippen LogP contribution in [0.3, 0.4) is 0 Å². The minimum atomic E-state index is -4.12. The summed E-state index contributed by atoms with van der Waals surface area (Å²) >= 11 is 0.946. The third-order valence-electron chi connectivity index (χ3n) is 3.54. The molecule has 0 atom stereocenters. The molecule has 0 bridgehead atoms. The highest BCUT2D eigenvalue weighted by Crippen LogP contribution is 2.22. The van der Waals surface area contributed by atoms with Gasteiger partial charge in [-0.1, -0.05) is 17.3 Å². The molecule has 140 valence electrons. The van der Waals surface area contributed by atoms with Gasteiger partial charge in [0, 0.05) is 0 Å². The van der Waals surface area contributed by atoms with Gasteiger partial charge < -0.3 is 4.57 Å². The summed E-state index contributed by atoms with van der Waals surface area (Å²) in [7, 11) is -8.04. The molecule has 0 spiro atoms. The molecule has 0 saturated carbocycles. The monoisotopic (exact) mass is 425 g/mol. The highest BCUT2D eigenvalue weighted by atomic mass is 32.2. The predicted octanol–water partition coefficient (Wildman–Crippen LogP) is 1.41. The first-order valence-electron chi connectivity index (χ1n) is 7.28. The molecular formula is C16H12FN3O4S3. The fourth-order valence-corrected chi connectivity index (χ4v) is 5.19. The molecule has 0 fully saturated rings.